The lowest BCUT2D eigenvalue weighted by atomic mass is 9.95. The Kier molecular flexibility index (Phi) is 4.92. The van der Waals surface area contributed by atoms with Gasteiger partial charge in [0.05, 0.1) is 11.6 Å². The number of carbonyl (C=O) groups is 1. The van der Waals surface area contributed by atoms with Crippen molar-refractivity contribution in [3.63, 3.8) is 0 Å². The summed E-state index contributed by atoms with van der Waals surface area (Å²) in [6.45, 7) is 5.58. The summed E-state index contributed by atoms with van der Waals surface area (Å²) < 4.78 is 29.1. The van der Waals surface area contributed by atoms with E-state index in [1.807, 2.05) is 19.6 Å². The number of carbonyl (C=O) groups excluding carboxylic acids is 1. The fourth-order valence-corrected chi connectivity index (χ4v) is 3.58. The fraction of sp³-hybridized carbons (Fsp3) is 0.250. The first-order chi connectivity index (χ1) is 10.2. The van der Waals surface area contributed by atoms with Gasteiger partial charge in [0.1, 0.15) is 25.1 Å². The summed E-state index contributed by atoms with van der Waals surface area (Å²) in [5, 5.41) is -0.147. The van der Waals surface area contributed by atoms with Crippen LogP contribution in [-0.4, -0.2) is 18.5 Å². The van der Waals surface area contributed by atoms with Crippen LogP contribution < -0.4 is 0 Å². The summed E-state index contributed by atoms with van der Waals surface area (Å²) in [7, 11) is -2.27. The van der Waals surface area contributed by atoms with E-state index in [0.29, 0.717) is 5.69 Å². The SMILES string of the molecule is C[Si](C)(C)C(=O)C(c1ccc(Br)cn1)c1c(F)cccc1F. The van der Waals surface area contributed by atoms with Crippen molar-refractivity contribution in [2.45, 2.75) is 25.6 Å². The molecule has 0 aliphatic heterocycles. The Morgan fingerprint density at radius 1 is 1.14 bits per heavy atom. The molecule has 0 aliphatic rings. The molecule has 0 spiro atoms. The molecule has 0 saturated heterocycles. The highest BCUT2D eigenvalue weighted by molar-refractivity contribution is 9.10. The van der Waals surface area contributed by atoms with Gasteiger partial charge in [-0.2, -0.15) is 0 Å². The molecule has 1 aromatic heterocycles. The number of halogens is 3. The van der Waals surface area contributed by atoms with Crippen LogP contribution >= 0.6 is 15.9 Å². The molecule has 1 atom stereocenters. The first-order valence-corrected chi connectivity index (χ1v) is 11.1. The van der Waals surface area contributed by atoms with Crippen LogP contribution in [0.1, 0.15) is 17.2 Å². The van der Waals surface area contributed by atoms with Crippen molar-refractivity contribution >= 4 is 29.4 Å². The Labute approximate surface area is 137 Å². The Balaban J connectivity index is 2.66. The van der Waals surface area contributed by atoms with Gasteiger partial charge >= 0.3 is 0 Å². The maximum atomic E-state index is 14.2. The molecule has 22 heavy (non-hydrogen) atoms. The number of rotatable bonds is 4. The van der Waals surface area contributed by atoms with Crippen molar-refractivity contribution < 1.29 is 13.6 Å². The van der Waals surface area contributed by atoms with Gasteiger partial charge in [0, 0.05) is 16.2 Å². The predicted octanol–water partition coefficient (Wildman–Crippen LogP) is 4.70. The summed E-state index contributed by atoms with van der Waals surface area (Å²) >= 11 is 3.27. The molecule has 1 unspecified atom stereocenters. The van der Waals surface area contributed by atoms with Crippen LogP contribution in [0.2, 0.25) is 19.6 Å². The largest absolute Gasteiger partial charge is 0.304 e. The molecule has 116 valence electrons. The minimum absolute atomic E-state index is 0.147. The van der Waals surface area contributed by atoms with E-state index in [1.165, 1.54) is 24.4 Å². The quantitative estimate of drug-likeness (QED) is 0.716. The van der Waals surface area contributed by atoms with Gasteiger partial charge in [-0.25, -0.2) is 8.78 Å². The highest BCUT2D eigenvalue weighted by Crippen LogP contribution is 2.32. The lowest BCUT2D eigenvalue weighted by Gasteiger charge is -2.24. The number of pyridine rings is 1. The smallest absolute Gasteiger partial charge is 0.130 e. The van der Waals surface area contributed by atoms with E-state index < -0.39 is 25.6 Å². The van der Waals surface area contributed by atoms with E-state index >= 15 is 0 Å². The normalized spacial score (nSPS) is 13.0. The van der Waals surface area contributed by atoms with E-state index in [4.69, 9.17) is 0 Å². The minimum Gasteiger partial charge on any atom is -0.304 e. The van der Waals surface area contributed by atoms with E-state index in [0.717, 1.165) is 4.47 Å². The highest BCUT2D eigenvalue weighted by atomic mass is 79.9. The highest BCUT2D eigenvalue weighted by Gasteiger charge is 2.37. The minimum atomic E-state index is -2.27. The maximum absolute atomic E-state index is 14.2. The number of nitrogens with zero attached hydrogens (tertiary/aromatic N) is 1. The summed E-state index contributed by atoms with van der Waals surface area (Å²) in [5.41, 5.74) is 0.143. The maximum Gasteiger partial charge on any atom is 0.130 e. The molecule has 2 rings (SSSR count). The van der Waals surface area contributed by atoms with Gasteiger partial charge in [0.25, 0.3) is 0 Å². The van der Waals surface area contributed by atoms with E-state index in [-0.39, 0.29) is 11.0 Å². The van der Waals surface area contributed by atoms with Crippen LogP contribution in [0.5, 0.6) is 0 Å². The molecule has 0 N–H and O–H groups in total. The van der Waals surface area contributed by atoms with Crippen LogP contribution in [0.15, 0.2) is 41.0 Å². The first kappa shape index (κ1) is 17.0. The molecule has 0 bridgehead atoms. The van der Waals surface area contributed by atoms with Crippen molar-refractivity contribution in [1.29, 1.82) is 0 Å². The van der Waals surface area contributed by atoms with Crippen LogP contribution in [0, 0.1) is 11.6 Å². The zero-order chi connectivity index (χ0) is 16.5. The molecular weight excluding hydrogens is 368 g/mol. The third kappa shape index (κ3) is 3.49. The Morgan fingerprint density at radius 3 is 2.18 bits per heavy atom. The molecule has 1 heterocycles. The predicted molar refractivity (Wildman–Crippen MR) is 88.5 cm³/mol. The van der Waals surface area contributed by atoms with Crippen molar-refractivity contribution in [1.82, 2.24) is 4.98 Å². The Hall–Kier alpha value is -1.40. The molecule has 0 amide bonds. The van der Waals surface area contributed by atoms with Crippen LogP contribution in [0.3, 0.4) is 0 Å². The van der Waals surface area contributed by atoms with Gasteiger partial charge < -0.3 is 4.79 Å². The van der Waals surface area contributed by atoms with Gasteiger partial charge in [0.15, 0.2) is 0 Å². The standard InChI is InChI=1S/C16H16BrF2NOSi/c1-22(2,3)16(21)15(13-8-7-10(17)9-20-13)14-11(18)5-4-6-12(14)19/h4-9,15H,1-3H3. The summed E-state index contributed by atoms with van der Waals surface area (Å²) in [6, 6.07) is 6.97. The number of hydrogen-bond acceptors (Lipinski definition) is 2. The van der Waals surface area contributed by atoms with Crippen LogP contribution in [0.4, 0.5) is 8.78 Å². The van der Waals surface area contributed by atoms with E-state index in [9.17, 15) is 13.6 Å². The molecular formula is C16H16BrF2NOSi. The van der Waals surface area contributed by atoms with Gasteiger partial charge in [0.2, 0.25) is 0 Å². The Morgan fingerprint density at radius 2 is 1.73 bits per heavy atom. The zero-order valence-corrected chi connectivity index (χ0v) is 15.1. The molecule has 6 heteroatoms. The third-order valence-corrected chi connectivity index (χ3v) is 5.57. The second-order valence-electron chi connectivity index (χ2n) is 6.08. The van der Waals surface area contributed by atoms with Crippen LogP contribution in [-0.2, 0) is 4.79 Å². The molecule has 2 aromatic rings. The topological polar surface area (TPSA) is 30.0 Å². The molecule has 0 saturated carbocycles. The summed E-state index contributed by atoms with van der Waals surface area (Å²) in [4.78, 5) is 17.0. The average Bonchev–Trinajstić information content (AvgIpc) is 2.43. The molecule has 0 aliphatic carbocycles. The molecule has 2 nitrogen and oxygen atoms in total. The lowest BCUT2D eigenvalue weighted by Crippen LogP contribution is -2.39. The van der Waals surface area contributed by atoms with Crippen molar-refractivity contribution in [3.05, 3.63) is 63.9 Å². The van der Waals surface area contributed by atoms with E-state index in [2.05, 4.69) is 20.9 Å². The first-order valence-electron chi connectivity index (χ1n) is 6.81. The van der Waals surface area contributed by atoms with Crippen molar-refractivity contribution in [2.75, 3.05) is 0 Å². The van der Waals surface area contributed by atoms with Gasteiger partial charge in [-0.05, 0) is 40.2 Å². The average molecular weight is 384 g/mol. The van der Waals surface area contributed by atoms with Gasteiger partial charge in [-0.3, -0.25) is 4.98 Å². The van der Waals surface area contributed by atoms with Gasteiger partial charge in [-0.1, -0.05) is 25.7 Å². The molecule has 0 fully saturated rings. The van der Waals surface area contributed by atoms with Crippen molar-refractivity contribution in [3.8, 4) is 0 Å². The van der Waals surface area contributed by atoms with Crippen LogP contribution in [0.25, 0.3) is 0 Å². The molecule has 0 radical (unpaired) electrons. The zero-order valence-electron chi connectivity index (χ0n) is 12.5. The monoisotopic (exact) mass is 383 g/mol. The summed E-state index contributed by atoms with van der Waals surface area (Å²) in [6.07, 6.45) is 1.53. The van der Waals surface area contributed by atoms with Crippen molar-refractivity contribution in [2.24, 2.45) is 0 Å². The number of aromatic nitrogens is 1. The van der Waals surface area contributed by atoms with E-state index in [1.54, 1.807) is 12.1 Å². The number of benzene rings is 1. The number of hydrogen-bond donors (Lipinski definition) is 0. The van der Waals surface area contributed by atoms with Gasteiger partial charge in [-0.15, -0.1) is 0 Å². The third-order valence-electron chi connectivity index (χ3n) is 3.34. The second-order valence-corrected chi connectivity index (χ2v) is 12.0. The fourth-order valence-electron chi connectivity index (χ4n) is 2.19. The Bertz CT molecular complexity index is 678. The summed E-state index contributed by atoms with van der Waals surface area (Å²) in [5.74, 6) is -2.45. The molecule has 1 aromatic carbocycles. The second kappa shape index (κ2) is 6.38. The lowest BCUT2D eigenvalue weighted by molar-refractivity contribution is -0.113.